The molecule has 4 aromatic rings. The monoisotopic (exact) mass is 567 g/mol. The molecule has 0 spiro atoms. The number of ether oxygens (including phenoxy) is 3. The van der Waals surface area contributed by atoms with Gasteiger partial charge in [0.05, 0.1) is 43.8 Å². The van der Waals surface area contributed by atoms with E-state index in [9.17, 15) is 18.0 Å². The molecule has 214 valence electrons. The van der Waals surface area contributed by atoms with E-state index in [-0.39, 0.29) is 11.4 Å². The lowest BCUT2D eigenvalue weighted by Gasteiger charge is -2.25. The van der Waals surface area contributed by atoms with Gasteiger partial charge in [0.2, 0.25) is 5.88 Å². The number of nitrogens with one attached hydrogen (secondary N) is 2. The van der Waals surface area contributed by atoms with Crippen molar-refractivity contribution in [2.24, 2.45) is 0 Å². The number of halogens is 3. The third-order valence-corrected chi connectivity index (χ3v) is 6.47. The molecule has 2 amide bonds. The minimum absolute atomic E-state index is 0.0925. The molecule has 2 N–H and O–H groups in total. The Morgan fingerprint density at radius 1 is 0.951 bits per heavy atom. The van der Waals surface area contributed by atoms with Gasteiger partial charge in [-0.2, -0.15) is 18.2 Å². The molecular weight excluding hydrogens is 539 g/mol. The van der Waals surface area contributed by atoms with Crippen LogP contribution in [0.3, 0.4) is 0 Å². The number of nitrogens with zero attached hydrogens (tertiary/aromatic N) is 3. The van der Waals surface area contributed by atoms with Gasteiger partial charge in [0, 0.05) is 35.6 Å². The van der Waals surface area contributed by atoms with Crippen LogP contribution >= 0.6 is 0 Å². The number of methoxy groups -OCH3 is 1. The molecule has 1 fully saturated rings. The maximum atomic E-state index is 13.2. The molecule has 0 saturated carbocycles. The number of aromatic nitrogens is 2. The molecule has 0 aliphatic carbocycles. The molecule has 0 unspecified atom stereocenters. The Balaban J connectivity index is 1.36. The third-order valence-electron chi connectivity index (χ3n) is 6.47. The summed E-state index contributed by atoms with van der Waals surface area (Å²) in [6.07, 6.45) is -4.57. The van der Waals surface area contributed by atoms with E-state index in [1.54, 1.807) is 30.3 Å². The zero-order valence-corrected chi connectivity index (χ0v) is 22.4. The molecule has 2 heterocycles. The topological polar surface area (TPSA) is 97.8 Å². The zero-order valence-electron chi connectivity index (χ0n) is 22.4. The summed E-state index contributed by atoms with van der Waals surface area (Å²) in [5.74, 6) is 1.64. The number of carbonyl (C=O) groups is 1. The summed E-state index contributed by atoms with van der Waals surface area (Å²) in [4.78, 5) is 24.2. The highest BCUT2D eigenvalue weighted by molar-refractivity contribution is 6.08. The fraction of sp³-hybridized carbons (Fsp3) is 0.276. The van der Waals surface area contributed by atoms with Gasteiger partial charge in [0.15, 0.2) is 0 Å². The summed E-state index contributed by atoms with van der Waals surface area (Å²) in [7, 11) is 1.31. The average Bonchev–Trinajstić information content (AvgIpc) is 2.94. The van der Waals surface area contributed by atoms with Crippen LogP contribution in [0.2, 0.25) is 0 Å². The number of carbonyl (C=O) groups excluding carboxylic acids is 1. The standard InChI is InChI=1S/C29H28F3N5O4/c1-18-15-27(36-26(33-18)17-37-11-13-40-14-12-37)41-24-10-8-22(20-5-3-4-6-21(20)24)34-28(38)35-23-16-19(29(30,31)32)7-9-25(23)39-2/h3-10,15-16H,11-14,17H2,1-2H3,(H2,34,35,38). The van der Waals surface area contributed by atoms with Crippen LogP contribution in [0.25, 0.3) is 10.8 Å². The maximum Gasteiger partial charge on any atom is 0.416 e. The molecule has 1 aromatic heterocycles. The Hall–Kier alpha value is -4.42. The van der Waals surface area contributed by atoms with Gasteiger partial charge in [-0.1, -0.05) is 24.3 Å². The van der Waals surface area contributed by atoms with Crippen LogP contribution in [0, 0.1) is 6.92 Å². The van der Waals surface area contributed by atoms with Crippen LogP contribution in [0.4, 0.5) is 29.3 Å². The van der Waals surface area contributed by atoms with Crippen LogP contribution in [0.15, 0.2) is 60.7 Å². The van der Waals surface area contributed by atoms with E-state index in [4.69, 9.17) is 14.2 Å². The number of anilines is 2. The number of benzene rings is 3. The van der Waals surface area contributed by atoms with Crippen LogP contribution in [-0.2, 0) is 17.5 Å². The predicted octanol–water partition coefficient (Wildman–Crippen LogP) is 6.23. The lowest BCUT2D eigenvalue weighted by atomic mass is 10.1. The summed E-state index contributed by atoms with van der Waals surface area (Å²) in [5, 5.41) is 6.53. The van der Waals surface area contributed by atoms with Crippen molar-refractivity contribution >= 4 is 28.2 Å². The van der Waals surface area contributed by atoms with Gasteiger partial charge in [-0.15, -0.1) is 0 Å². The first-order chi connectivity index (χ1) is 19.7. The first kappa shape index (κ1) is 28.1. The molecule has 0 bridgehead atoms. The Bertz CT molecular complexity index is 1560. The van der Waals surface area contributed by atoms with Crippen molar-refractivity contribution in [3.8, 4) is 17.4 Å². The number of urea groups is 1. The quantitative estimate of drug-likeness (QED) is 0.273. The van der Waals surface area contributed by atoms with Gasteiger partial charge >= 0.3 is 12.2 Å². The van der Waals surface area contributed by atoms with E-state index >= 15 is 0 Å². The van der Waals surface area contributed by atoms with E-state index in [0.29, 0.717) is 53.7 Å². The first-order valence-electron chi connectivity index (χ1n) is 12.9. The number of amides is 2. The Morgan fingerprint density at radius 3 is 2.39 bits per heavy atom. The van der Waals surface area contributed by atoms with Crippen molar-refractivity contribution in [3.05, 3.63) is 77.7 Å². The van der Waals surface area contributed by atoms with Gasteiger partial charge in [-0.05, 0) is 37.3 Å². The smallest absolute Gasteiger partial charge is 0.416 e. The third kappa shape index (κ3) is 6.84. The SMILES string of the molecule is COc1ccc(C(F)(F)F)cc1NC(=O)Nc1ccc(Oc2cc(C)nc(CN3CCOCC3)n2)c2ccccc12. The molecule has 1 aliphatic heterocycles. The number of fused-ring (bicyclic) bond motifs is 1. The minimum Gasteiger partial charge on any atom is -0.495 e. The van der Waals surface area contributed by atoms with Gasteiger partial charge < -0.3 is 24.8 Å². The summed E-state index contributed by atoms with van der Waals surface area (Å²) >= 11 is 0. The van der Waals surface area contributed by atoms with E-state index in [1.807, 2.05) is 19.1 Å². The molecule has 12 heteroatoms. The normalized spacial score (nSPS) is 14.1. The zero-order chi connectivity index (χ0) is 29.0. The highest BCUT2D eigenvalue weighted by atomic mass is 19.4. The second-order valence-electron chi connectivity index (χ2n) is 9.40. The lowest BCUT2D eigenvalue weighted by Crippen LogP contribution is -2.36. The summed E-state index contributed by atoms with van der Waals surface area (Å²) in [6, 6.07) is 14.5. The number of hydrogen-bond donors (Lipinski definition) is 2. The van der Waals surface area contributed by atoms with E-state index in [0.717, 1.165) is 37.0 Å². The average molecular weight is 568 g/mol. The van der Waals surface area contributed by atoms with Crippen LogP contribution in [0.5, 0.6) is 17.4 Å². The highest BCUT2D eigenvalue weighted by Gasteiger charge is 2.31. The second kappa shape index (κ2) is 12.0. The molecular formula is C29H28F3N5O4. The maximum absolute atomic E-state index is 13.2. The summed E-state index contributed by atoms with van der Waals surface area (Å²) in [6.45, 7) is 5.42. The van der Waals surface area contributed by atoms with Gasteiger partial charge in [0.25, 0.3) is 0 Å². The van der Waals surface area contributed by atoms with Crippen molar-refractivity contribution in [1.82, 2.24) is 14.9 Å². The second-order valence-corrected chi connectivity index (χ2v) is 9.40. The summed E-state index contributed by atoms with van der Waals surface area (Å²) in [5.41, 5.74) is 0.176. The molecule has 9 nitrogen and oxygen atoms in total. The fourth-order valence-corrected chi connectivity index (χ4v) is 4.52. The van der Waals surface area contributed by atoms with E-state index in [1.165, 1.54) is 7.11 Å². The van der Waals surface area contributed by atoms with Crippen molar-refractivity contribution in [2.45, 2.75) is 19.6 Å². The van der Waals surface area contributed by atoms with Gasteiger partial charge in [0.1, 0.15) is 17.3 Å². The van der Waals surface area contributed by atoms with Crippen molar-refractivity contribution in [3.63, 3.8) is 0 Å². The molecule has 5 rings (SSSR count). The largest absolute Gasteiger partial charge is 0.495 e. The van der Waals surface area contributed by atoms with Crippen molar-refractivity contribution in [2.75, 3.05) is 44.0 Å². The Morgan fingerprint density at radius 2 is 1.66 bits per heavy atom. The van der Waals surface area contributed by atoms with Crippen molar-refractivity contribution in [1.29, 1.82) is 0 Å². The van der Waals surface area contributed by atoms with E-state index < -0.39 is 17.8 Å². The van der Waals surface area contributed by atoms with Crippen LogP contribution in [-0.4, -0.2) is 54.3 Å². The number of aryl methyl sites for hydroxylation is 1. The molecule has 1 aliphatic rings. The van der Waals surface area contributed by atoms with Crippen molar-refractivity contribution < 1.29 is 32.2 Å². The first-order valence-corrected chi connectivity index (χ1v) is 12.9. The minimum atomic E-state index is -4.57. The number of rotatable bonds is 7. The number of morpholine rings is 1. The Labute approximate surface area is 234 Å². The molecule has 0 radical (unpaired) electrons. The molecule has 1 saturated heterocycles. The molecule has 41 heavy (non-hydrogen) atoms. The lowest BCUT2D eigenvalue weighted by molar-refractivity contribution is -0.137. The fourth-order valence-electron chi connectivity index (χ4n) is 4.52. The summed E-state index contributed by atoms with van der Waals surface area (Å²) < 4.78 is 56.4. The number of alkyl halides is 3. The highest BCUT2D eigenvalue weighted by Crippen LogP contribution is 2.36. The van der Waals surface area contributed by atoms with Gasteiger partial charge in [-0.3, -0.25) is 4.90 Å². The van der Waals surface area contributed by atoms with Crippen LogP contribution < -0.4 is 20.1 Å². The van der Waals surface area contributed by atoms with Gasteiger partial charge in [-0.25, -0.2) is 9.78 Å². The molecule has 0 atom stereocenters. The van der Waals surface area contributed by atoms with E-state index in [2.05, 4.69) is 25.5 Å². The molecule has 3 aromatic carbocycles. The number of hydrogen-bond acceptors (Lipinski definition) is 7. The van der Waals surface area contributed by atoms with Crippen LogP contribution in [0.1, 0.15) is 17.1 Å². The Kier molecular flexibility index (Phi) is 8.22. The predicted molar refractivity (Wildman–Crippen MR) is 148 cm³/mol.